The first-order valence-electron chi connectivity index (χ1n) is 8.21. The van der Waals surface area contributed by atoms with Crippen molar-refractivity contribution in [3.05, 3.63) is 29.3 Å². The second-order valence-corrected chi connectivity index (χ2v) is 7.19. The predicted octanol–water partition coefficient (Wildman–Crippen LogP) is 2.50. The summed E-state index contributed by atoms with van der Waals surface area (Å²) in [6.07, 6.45) is 6.48. The molecular weight excluding hydrogens is 262 g/mol. The van der Waals surface area contributed by atoms with Crippen LogP contribution in [0.1, 0.15) is 43.2 Å². The van der Waals surface area contributed by atoms with Gasteiger partial charge in [0.2, 0.25) is 0 Å². The van der Waals surface area contributed by atoms with Crippen molar-refractivity contribution in [2.75, 3.05) is 20.7 Å². The van der Waals surface area contributed by atoms with Crippen LogP contribution in [-0.4, -0.2) is 42.4 Å². The Bertz CT molecular complexity index is 572. The van der Waals surface area contributed by atoms with Gasteiger partial charge in [-0.25, -0.2) is 0 Å². The fraction of sp³-hybridized carbons (Fsp3) is 0.667. The molecule has 1 aliphatic heterocycles. The van der Waals surface area contributed by atoms with E-state index in [-0.39, 0.29) is 11.5 Å². The first-order valence-corrected chi connectivity index (χ1v) is 8.21. The normalized spacial score (nSPS) is 38.5. The van der Waals surface area contributed by atoms with Crippen LogP contribution >= 0.6 is 0 Å². The van der Waals surface area contributed by atoms with E-state index in [0.29, 0.717) is 0 Å². The summed E-state index contributed by atoms with van der Waals surface area (Å²) in [6.45, 7) is 1.09. The largest absolute Gasteiger partial charge is 0.497 e. The van der Waals surface area contributed by atoms with Crippen molar-refractivity contribution in [2.24, 2.45) is 0 Å². The van der Waals surface area contributed by atoms with Gasteiger partial charge in [-0.3, -0.25) is 0 Å². The first kappa shape index (κ1) is 13.6. The summed E-state index contributed by atoms with van der Waals surface area (Å²) >= 11 is 0. The van der Waals surface area contributed by atoms with Crippen molar-refractivity contribution >= 4 is 0 Å². The second kappa shape index (κ2) is 4.47. The minimum absolute atomic E-state index is 0.0510. The Hall–Kier alpha value is -1.06. The van der Waals surface area contributed by atoms with Gasteiger partial charge in [-0.05, 0) is 62.5 Å². The molecule has 3 nitrogen and oxygen atoms in total. The van der Waals surface area contributed by atoms with Crippen LogP contribution in [0.4, 0.5) is 0 Å². The van der Waals surface area contributed by atoms with Crippen LogP contribution in [0.5, 0.6) is 5.75 Å². The lowest BCUT2D eigenvalue weighted by molar-refractivity contribution is -0.160. The smallest absolute Gasteiger partial charge is 0.119 e. The van der Waals surface area contributed by atoms with Crippen molar-refractivity contribution in [2.45, 2.75) is 55.6 Å². The zero-order valence-corrected chi connectivity index (χ0v) is 13.1. The molecule has 21 heavy (non-hydrogen) atoms. The van der Waals surface area contributed by atoms with Crippen molar-refractivity contribution in [1.29, 1.82) is 0 Å². The van der Waals surface area contributed by atoms with E-state index in [1.807, 2.05) is 0 Å². The average molecular weight is 287 g/mol. The van der Waals surface area contributed by atoms with E-state index in [1.54, 1.807) is 7.11 Å². The minimum Gasteiger partial charge on any atom is -0.497 e. The van der Waals surface area contributed by atoms with Crippen LogP contribution < -0.4 is 4.74 Å². The van der Waals surface area contributed by atoms with Crippen molar-refractivity contribution in [3.63, 3.8) is 0 Å². The summed E-state index contributed by atoms with van der Waals surface area (Å²) in [6, 6.07) is 6.76. The van der Waals surface area contributed by atoms with Crippen LogP contribution in [0.25, 0.3) is 0 Å². The Balaban J connectivity index is 1.94. The highest BCUT2D eigenvalue weighted by Gasteiger charge is 2.62. The zero-order chi connectivity index (χ0) is 14.7. The van der Waals surface area contributed by atoms with Crippen LogP contribution in [-0.2, 0) is 11.8 Å². The highest BCUT2D eigenvalue weighted by Crippen LogP contribution is 2.58. The lowest BCUT2D eigenvalue weighted by Gasteiger charge is -2.63. The van der Waals surface area contributed by atoms with Gasteiger partial charge in [-0.1, -0.05) is 18.9 Å². The maximum atomic E-state index is 11.7. The zero-order valence-electron chi connectivity index (χ0n) is 13.1. The molecule has 1 heterocycles. The molecule has 2 aliphatic carbocycles. The summed E-state index contributed by atoms with van der Waals surface area (Å²) in [4.78, 5) is 2.39. The Kier molecular flexibility index (Phi) is 2.89. The molecule has 0 amide bonds. The molecule has 1 saturated heterocycles. The lowest BCUT2D eigenvalue weighted by Crippen LogP contribution is -2.71. The molecule has 2 bridgehead atoms. The Morgan fingerprint density at radius 1 is 1.24 bits per heavy atom. The SMILES string of the molecule is COc1ccc2c(c1)[C@@]13CCCC[C@@]1(O)[C@@H](C2)N(C)CC3. The van der Waals surface area contributed by atoms with Gasteiger partial charge in [-0.2, -0.15) is 0 Å². The number of methoxy groups -OCH3 is 1. The van der Waals surface area contributed by atoms with E-state index in [2.05, 4.69) is 30.1 Å². The van der Waals surface area contributed by atoms with Crippen LogP contribution in [0.15, 0.2) is 18.2 Å². The number of nitrogens with zero attached hydrogens (tertiary/aromatic N) is 1. The lowest BCUT2D eigenvalue weighted by atomic mass is 9.49. The summed E-state index contributed by atoms with van der Waals surface area (Å²) in [5, 5.41) is 11.7. The molecule has 4 rings (SSSR count). The standard InChI is InChI=1S/C18H25NO2/c1-19-10-9-17-7-3-4-8-18(17,20)16(19)11-13-5-6-14(21-2)12-15(13)17/h5-6,12,16,20H,3-4,7-11H2,1-2H3/t16-,17+,18-/m1/s1. The van der Waals surface area contributed by atoms with Gasteiger partial charge < -0.3 is 14.7 Å². The van der Waals surface area contributed by atoms with E-state index < -0.39 is 5.60 Å². The third kappa shape index (κ3) is 1.62. The molecule has 0 spiro atoms. The maximum Gasteiger partial charge on any atom is 0.119 e. The van der Waals surface area contributed by atoms with Crippen LogP contribution in [0, 0.1) is 0 Å². The number of piperidine rings is 1. The fourth-order valence-electron chi connectivity index (χ4n) is 5.33. The van der Waals surface area contributed by atoms with Crippen LogP contribution in [0.3, 0.4) is 0 Å². The molecule has 3 heteroatoms. The molecule has 1 aromatic rings. The van der Waals surface area contributed by atoms with Gasteiger partial charge in [0.05, 0.1) is 12.7 Å². The number of likely N-dealkylation sites (tertiary alicyclic amines) is 1. The van der Waals surface area contributed by atoms with E-state index >= 15 is 0 Å². The van der Waals surface area contributed by atoms with Gasteiger partial charge in [0.25, 0.3) is 0 Å². The Morgan fingerprint density at radius 2 is 2.05 bits per heavy atom. The molecule has 1 N–H and O–H groups in total. The number of benzene rings is 1. The van der Waals surface area contributed by atoms with Gasteiger partial charge in [0, 0.05) is 11.5 Å². The number of aliphatic hydroxyl groups is 1. The molecule has 0 aromatic heterocycles. The Labute approximate surface area is 126 Å². The third-order valence-corrected chi connectivity index (χ3v) is 6.46. The summed E-state index contributed by atoms with van der Waals surface area (Å²) in [5.41, 5.74) is 2.18. The molecule has 3 aliphatic rings. The van der Waals surface area contributed by atoms with Gasteiger partial charge >= 0.3 is 0 Å². The van der Waals surface area contributed by atoms with E-state index in [4.69, 9.17) is 4.74 Å². The van der Waals surface area contributed by atoms with Gasteiger partial charge in [-0.15, -0.1) is 0 Å². The third-order valence-electron chi connectivity index (χ3n) is 6.46. The summed E-state index contributed by atoms with van der Waals surface area (Å²) < 4.78 is 5.46. The molecule has 2 fully saturated rings. The first-order chi connectivity index (χ1) is 10.1. The molecule has 0 unspecified atom stereocenters. The van der Waals surface area contributed by atoms with Gasteiger partial charge in [0.15, 0.2) is 0 Å². The minimum atomic E-state index is -0.558. The average Bonchev–Trinajstić information content (AvgIpc) is 2.50. The highest BCUT2D eigenvalue weighted by atomic mass is 16.5. The maximum absolute atomic E-state index is 11.7. The van der Waals surface area contributed by atoms with Crippen molar-refractivity contribution < 1.29 is 9.84 Å². The van der Waals surface area contributed by atoms with E-state index in [9.17, 15) is 5.11 Å². The molecule has 114 valence electrons. The van der Waals surface area contributed by atoms with E-state index in [0.717, 1.165) is 44.4 Å². The monoisotopic (exact) mass is 287 g/mol. The predicted molar refractivity (Wildman–Crippen MR) is 82.8 cm³/mol. The molecule has 0 radical (unpaired) electrons. The number of hydrogen-bond donors (Lipinski definition) is 1. The van der Waals surface area contributed by atoms with Crippen molar-refractivity contribution in [3.8, 4) is 5.75 Å². The number of fused-ring (bicyclic) bond motifs is 1. The highest BCUT2D eigenvalue weighted by molar-refractivity contribution is 5.48. The number of hydrogen-bond acceptors (Lipinski definition) is 3. The Morgan fingerprint density at radius 3 is 2.86 bits per heavy atom. The van der Waals surface area contributed by atoms with Gasteiger partial charge in [0.1, 0.15) is 5.75 Å². The van der Waals surface area contributed by atoms with Crippen LogP contribution in [0.2, 0.25) is 0 Å². The molecule has 3 atom stereocenters. The summed E-state index contributed by atoms with van der Waals surface area (Å²) in [5.74, 6) is 0.924. The molecule has 1 aromatic carbocycles. The quantitative estimate of drug-likeness (QED) is 0.861. The fourth-order valence-corrected chi connectivity index (χ4v) is 5.33. The molecular formula is C18H25NO2. The topological polar surface area (TPSA) is 32.7 Å². The van der Waals surface area contributed by atoms with E-state index in [1.165, 1.54) is 17.5 Å². The number of ether oxygens (including phenoxy) is 1. The number of rotatable bonds is 1. The summed E-state index contributed by atoms with van der Waals surface area (Å²) in [7, 11) is 3.91. The molecule has 1 saturated carbocycles. The van der Waals surface area contributed by atoms with Crippen molar-refractivity contribution in [1.82, 2.24) is 4.90 Å². The number of likely N-dealkylation sites (N-methyl/N-ethyl adjacent to an activating group) is 1. The second-order valence-electron chi connectivity index (χ2n) is 7.19.